The third kappa shape index (κ3) is 3.87. The van der Waals surface area contributed by atoms with Crippen molar-refractivity contribution in [3.63, 3.8) is 0 Å². The lowest BCUT2D eigenvalue weighted by molar-refractivity contribution is 0.0699. The van der Waals surface area contributed by atoms with Gasteiger partial charge in [0.05, 0.1) is 17.5 Å². The number of hydrogen-bond acceptors (Lipinski definition) is 5. The number of benzene rings is 3. The van der Waals surface area contributed by atoms with Gasteiger partial charge in [0, 0.05) is 16.3 Å². The van der Waals surface area contributed by atoms with E-state index in [1.54, 1.807) is 0 Å². The zero-order valence-electron chi connectivity index (χ0n) is 17.8. The fourth-order valence-electron chi connectivity index (χ4n) is 3.88. The van der Waals surface area contributed by atoms with E-state index >= 15 is 0 Å². The van der Waals surface area contributed by atoms with Gasteiger partial charge in [0.1, 0.15) is 23.0 Å². The van der Waals surface area contributed by atoms with Crippen LogP contribution in [0.15, 0.2) is 76.9 Å². The van der Waals surface area contributed by atoms with Gasteiger partial charge in [-0.3, -0.25) is 9.36 Å². The molecule has 0 spiro atoms. The van der Waals surface area contributed by atoms with Crippen molar-refractivity contribution >= 4 is 38.3 Å². The van der Waals surface area contributed by atoms with Gasteiger partial charge in [-0.1, -0.05) is 66.2 Å². The number of nitrogens with zero attached hydrogens (tertiary/aromatic N) is 2. The highest BCUT2D eigenvalue weighted by molar-refractivity contribution is 7.17. The summed E-state index contributed by atoms with van der Waals surface area (Å²) in [6.45, 7) is 2.44. The van der Waals surface area contributed by atoms with Gasteiger partial charge < -0.3 is 9.84 Å². The summed E-state index contributed by atoms with van der Waals surface area (Å²) in [6.07, 6.45) is 0. The number of fused-ring (bicyclic) bond motifs is 2. The second kappa shape index (κ2) is 8.52. The Balaban J connectivity index is 1.56. The molecule has 0 unspecified atom stereocenters. The van der Waals surface area contributed by atoms with Crippen LogP contribution in [0.3, 0.4) is 0 Å². The van der Waals surface area contributed by atoms with E-state index in [9.17, 15) is 14.7 Å². The first-order valence-corrected chi connectivity index (χ1v) is 11.3. The lowest BCUT2D eigenvalue weighted by Gasteiger charge is -2.14. The molecule has 0 saturated carbocycles. The van der Waals surface area contributed by atoms with Crippen LogP contribution in [0.4, 0.5) is 0 Å². The molecule has 0 atom stereocenters. The monoisotopic (exact) mass is 456 g/mol. The molecule has 0 aliphatic carbocycles. The number of rotatable bonds is 6. The van der Waals surface area contributed by atoms with E-state index in [0.717, 1.165) is 39.0 Å². The molecular weight excluding hydrogens is 436 g/mol. The fourth-order valence-corrected chi connectivity index (χ4v) is 4.78. The summed E-state index contributed by atoms with van der Waals surface area (Å²) in [5.74, 6) is 0.0865. The highest BCUT2D eigenvalue weighted by Crippen LogP contribution is 2.27. The average Bonchev–Trinajstić information content (AvgIpc) is 3.26. The number of ether oxygens (including phenoxy) is 1. The molecule has 2 heterocycles. The van der Waals surface area contributed by atoms with Gasteiger partial charge in [-0.15, -0.1) is 11.3 Å². The van der Waals surface area contributed by atoms with Crippen LogP contribution in [0.2, 0.25) is 0 Å². The first-order chi connectivity index (χ1) is 16.0. The summed E-state index contributed by atoms with van der Waals surface area (Å²) in [6, 6.07) is 21.5. The summed E-state index contributed by atoms with van der Waals surface area (Å²) in [5, 5.41) is 13.2. The smallest absolute Gasteiger partial charge is 0.337 e. The van der Waals surface area contributed by atoms with Crippen LogP contribution in [-0.4, -0.2) is 27.2 Å². The molecular formula is C26H20N2O4S. The van der Waals surface area contributed by atoms with E-state index in [2.05, 4.69) is 4.98 Å². The van der Waals surface area contributed by atoms with Crippen molar-refractivity contribution < 1.29 is 14.6 Å². The quantitative estimate of drug-likeness (QED) is 0.372. The van der Waals surface area contributed by atoms with Crippen LogP contribution < -0.4 is 10.3 Å². The number of carboxylic acid groups (broad SMARTS) is 1. The average molecular weight is 457 g/mol. The van der Waals surface area contributed by atoms with Crippen LogP contribution in [0, 0.1) is 6.92 Å². The standard InChI is InChI=1S/C26H20N2O4S/c1-16-9-11-18(12-10-16)23-27-24-22(20(15-33-24)26(30)31)25(29)28(23)13-14-32-21-8-4-6-17-5-2-3-7-19(17)21/h2-12,15H,13-14H2,1H3,(H,30,31). The van der Waals surface area contributed by atoms with E-state index in [4.69, 9.17) is 4.74 Å². The molecule has 1 N–H and O–H groups in total. The Morgan fingerprint density at radius 3 is 2.61 bits per heavy atom. The van der Waals surface area contributed by atoms with E-state index in [0.29, 0.717) is 10.7 Å². The fraction of sp³-hybridized carbons (Fsp3) is 0.115. The summed E-state index contributed by atoms with van der Waals surface area (Å²) < 4.78 is 7.57. The molecule has 5 rings (SSSR count). The van der Waals surface area contributed by atoms with Crippen LogP contribution >= 0.6 is 11.3 Å². The molecule has 0 fully saturated rings. The minimum atomic E-state index is -1.14. The molecule has 0 bridgehead atoms. The maximum absolute atomic E-state index is 13.4. The Morgan fingerprint density at radius 2 is 1.82 bits per heavy atom. The molecule has 33 heavy (non-hydrogen) atoms. The van der Waals surface area contributed by atoms with E-state index < -0.39 is 5.97 Å². The topological polar surface area (TPSA) is 81.4 Å². The summed E-state index contributed by atoms with van der Waals surface area (Å²) in [4.78, 5) is 30.2. The van der Waals surface area contributed by atoms with Crippen molar-refractivity contribution in [2.24, 2.45) is 0 Å². The summed E-state index contributed by atoms with van der Waals surface area (Å²) in [7, 11) is 0. The predicted octanol–water partition coefficient (Wildman–Crippen LogP) is 5.36. The van der Waals surface area contributed by atoms with Crippen molar-refractivity contribution in [2.75, 3.05) is 6.61 Å². The van der Waals surface area contributed by atoms with Crippen molar-refractivity contribution in [3.05, 3.63) is 93.6 Å². The number of hydrogen-bond donors (Lipinski definition) is 1. The molecule has 0 aliphatic rings. The lowest BCUT2D eigenvalue weighted by Crippen LogP contribution is -2.26. The van der Waals surface area contributed by atoms with E-state index in [-0.39, 0.29) is 29.7 Å². The van der Waals surface area contributed by atoms with Crippen molar-refractivity contribution in [1.82, 2.24) is 9.55 Å². The Labute approximate surface area is 193 Å². The number of aromatic carboxylic acids is 1. The molecule has 164 valence electrons. The minimum absolute atomic E-state index is 0.0216. The molecule has 5 aromatic rings. The molecule has 7 heteroatoms. The second-order valence-electron chi connectivity index (χ2n) is 7.72. The predicted molar refractivity (Wildman–Crippen MR) is 130 cm³/mol. The van der Waals surface area contributed by atoms with Crippen LogP contribution in [0.5, 0.6) is 5.75 Å². The van der Waals surface area contributed by atoms with Gasteiger partial charge >= 0.3 is 5.97 Å². The highest BCUT2D eigenvalue weighted by Gasteiger charge is 2.20. The molecule has 0 aliphatic heterocycles. The molecule has 2 aromatic heterocycles. The maximum atomic E-state index is 13.4. The van der Waals surface area contributed by atoms with Gasteiger partial charge in [0.2, 0.25) is 0 Å². The Bertz CT molecular complexity index is 1550. The third-order valence-electron chi connectivity index (χ3n) is 5.56. The van der Waals surface area contributed by atoms with E-state index in [1.165, 1.54) is 9.95 Å². The van der Waals surface area contributed by atoms with Crippen LogP contribution in [-0.2, 0) is 6.54 Å². The Morgan fingerprint density at radius 1 is 1.06 bits per heavy atom. The maximum Gasteiger partial charge on any atom is 0.337 e. The zero-order chi connectivity index (χ0) is 22.9. The summed E-state index contributed by atoms with van der Waals surface area (Å²) >= 11 is 1.16. The molecule has 0 amide bonds. The van der Waals surface area contributed by atoms with Crippen LogP contribution in [0.25, 0.3) is 32.4 Å². The largest absolute Gasteiger partial charge is 0.491 e. The molecule has 6 nitrogen and oxygen atoms in total. The molecule has 3 aromatic carbocycles. The first-order valence-electron chi connectivity index (χ1n) is 10.5. The lowest BCUT2D eigenvalue weighted by atomic mass is 10.1. The van der Waals surface area contributed by atoms with Gasteiger partial charge in [-0.05, 0) is 18.4 Å². The minimum Gasteiger partial charge on any atom is -0.491 e. The number of carbonyl (C=O) groups is 1. The number of thiophene rings is 1. The first kappa shape index (κ1) is 20.9. The van der Waals surface area contributed by atoms with Gasteiger partial charge in [0.15, 0.2) is 0 Å². The van der Waals surface area contributed by atoms with Gasteiger partial charge in [0.25, 0.3) is 5.56 Å². The van der Waals surface area contributed by atoms with Crippen LogP contribution in [0.1, 0.15) is 15.9 Å². The SMILES string of the molecule is Cc1ccc(-c2nc3scc(C(=O)O)c3c(=O)n2CCOc2cccc3ccccc23)cc1. The van der Waals surface area contributed by atoms with E-state index in [1.807, 2.05) is 73.7 Å². The Kier molecular flexibility index (Phi) is 5.40. The van der Waals surface area contributed by atoms with Gasteiger partial charge in [-0.25, -0.2) is 9.78 Å². The zero-order valence-corrected chi connectivity index (χ0v) is 18.6. The molecule has 0 radical (unpaired) electrons. The third-order valence-corrected chi connectivity index (χ3v) is 6.43. The second-order valence-corrected chi connectivity index (χ2v) is 8.58. The summed E-state index contributed by atoms with van der Waals surface area (Å²) in [5.41, 5.74) is 1.48. The number of aryl methyl sites for hydroxylation is 1. The normalized spacial score (nSPS) is 11.2. The van der Waals surface area contributed by atoms with Gasteiger partial charge in [-0.2, -0.15) is 0 Å². The number of aromatic nitrogens is 2. The van der Waals surface area contributed by atoms with Crippen molar-refractivity contribution in [1.29, 1.82) is 0 Å². The van der Waals surface area contributed by atoms with Crippen molar-refractivity contribution in [2.45, 2.75) is 13.5 Å². The Hall–Kier alpha value is -3.97. The molecule has 0 saturated heterocycles. The highest BCUT2D eigenvalue weighted by atomic mass is 32.1. The number of carboxylic acids is 1. The van der Waals surface area contributed by atoms with Crippen molar-refractivity contribution in [3.8, 4) is 17.1 Å².